The van der Waals surface area contributed by atoms with E-state index in [1.54, 1.807) is 4.90 Å². The van der Waals surface area contributed by atoms with E-state index >= 15 is 0 Å². The van der Waals surface area contributed by atoms with E-state index in [9.17, 15) is 9.59 Å². The van der Waals surface area contributed by atoms with Crippen molar-refractivity contribution in [1.29, 1.82) is 0 Å². The third-order valence-corrected chi connectivity index (χ3v) is 4.00. The van der Waals surface area contributed by atoms with Crippen LogP contribution in [0.5, 0.6) is 0 Å². The number of hydrogen-bond acceptors (Lipinski definition) is 2. The van der Waals surface area contributed by atoms with Gasteiger partial charge in [0.05, 0.1) is 0 Å². The van der Waals surface area contributed by atoms with Gasteiger partial charge in [0.15, 0.2) is 0 Å². The third-order valence-electron chi connectivity index (χ3n) is 4.00. The summed E-state index contributed by atoms with van der Waals surface area (Å²) in [7, 11) is 0. The molecule has 1 N–H and O–H groups in total. The lowest BCUT2D eigenvalue weighted by Crippen LogP contribution is -2.28. The zero-order chi connectivity index (χ0) is 15.5. The Labute approximate surface area is 129 Å². The number of nitrogens with zero attached hydrogens (tertiary/aromatic N) is 1. The normalized spacial score (nSPS) is 13.0. The molecule has 1 aliphatic rings. The van der Waals surface area contributed by atoms with Crippen LogP contribution in [0.2, 0.25) is 0 Å². The van der Waals surface area contributed by atoms with Crippen LogP contribution in [0, 0.1) is 0 Å². The van der Waals surface area contributed by atoms with Gasteiger partial charge in [-0.3, -0.25) is 9.59 Å². The maximum absolute atomic E-state index is 12.6. The Morgan fingerprint density at radius 2 is 1.82 bits per heavy atom. The monoisotopic (exact) mass is 295 g/mol. The summed E-state index contributed by atoms with van der Waals surface area (Å²) in [5.74, 6) is -0.803. The second-order valence-corrected chi connectivity index (χ2v) is 5.38. The number of aliphatic carboxylic acids is 1. The number of carbonyl (C=O) groups is 2. The molecular weight excluding hydrogens is 278 g/mol. The third kappa shape index (κ3) is 2.72. The summed E-state index contributed by atoms with van der Waals surface area (Å²) >= 11 is 0. The fourth-order valence-electron chi connectivity index (χ4n) is 2.93. The van der Waals surface area contributed by atoms with Gasteiger partial charge >= 0.3 is 5.97 Å². The molecule has 0 fully saturated rings. The van der Waals surface area contributed by atoms with E-state index in [1.165, 1.54) is 0 Å². The Morgan fingerprint density at radius 1 is 1.05 bits per heavy atom. The number of carbonyl (C=O) groups excluding carboxylic acids is 1. The SMILES string of the molecule is O=C(O)CCc1cccc2c1CCN2C(=O)c1ccccc1. The van der Waals surface area contributed by atoms with Crippen molar-refractivity contribution in [1.82, 2.24) is 0 Å². The molecule has 4 nitrogen and oxygen atoms in total. The molecule has 0 saturated heterocycles. The summed E-state index contributed by atoms with van der Waals surface area (Å²) in [6.07, 6.45) is 1.40. The van der Waals surface area contributed by atoms with Crippen LogP contribution in [0.4, 0.5) is 5.69 Å². The van der Waals surface area contributed by atoms with Gasteiger partial charge in [-0.05, 0) is 42.2 Å². The standard InChI is InChI=1S/C18H17NO3/c20-17(21)10-9-13-7-4-8-16-15(13)11-12-19(16)18(22)14-5-2-1-3-6-14/h1-8H,9-12H2,(H,20,21). The first-order valence-corrected chi connectivity index (χ1v) is 7.36. The number of aryl methyl sites for hydroxylation is 1. The number of carboxylic acid groups (broad SMARTS) is 1. The van der Waals surface area contributed by atoms with Crippen LogP contribution in [-0.2, 0) is 17.6 Å². The van der Waals surface area contributed by atoms with Crippen LogP contribution in [0.1, 0.15) is 27.9 Å². The van der Waals surface area contributed by atoms with E-state index in [4.69, 9.17) is 5.11 Å². The van der Waals surface area contributed by atoms with Crippen LogP contribution < -0.4 is 4.90 Å². The molecule has 0 radical (unpaired) electrons. The van der Waals surface area contributed by atoms with Gasteiger partial charge in [-0.25, -0.2) is 0 Å². The first-order valence-electron chi connectivity index (χ1n) is 7.36. The van der Waals surface area contributed by atoms with Crippen molar-refractivity contribution >= 4 is 17.6 Å². The Hall–Kier alpha value is -2.62. The summed E-state index contributed by atoms with van der Waals surface area (Å²) < 4.78 is 0. The molecule has 0 atom stereocenters. The van der Waals surface area contributed by atoms with Crippen LogP contribution in [-0.4, -0.2) is 23.5 Å². The van der Waals surface area contributed by atoms with Gasteiger partial charge in [0.2, 0.25) is 0 Å². The molecule has 1 amide bonds. The average molecular weight is 295 g/mol. The number of benzene rings is 2. The molecular formula is C18H17NO3. The van der Waals surface area contributed by atoms with Gasteiger partial charge in [0.1, 0.15) is 0 Å². The smallest absolute Gasteiger partial charge is 0.303 e. The minimum atomic E-state index is -0.798. The topological polar surface area (TPSA) is 57.6 Å². The maximum Gasteiger partial charge on any atom is 0.303 e. The van der Waals surface area contributed by atoms with Gasteiger partial charge in [0.25, 0.3) is 5.91 Å². The molecule has 1 heterocycles. The highest BCUT2D eigenvalue weighted by Gasteiger charge is 2.27. The first-order chi connectivity index (χ1) is 10.7. The van der Waals surface area contributed by atoms with E-state index in [-0.39, 0.29) is 12.3 Å². The van der Waals surface area contributed by atoms with Gasteiger partial charge in [-0.1, -0.05) is 30.3 Å². The van der Waals surface area contributed by atoms with Crippen molar-refractivity contribution in [3.8, 4) is 0 Å². The van der Waals surface area contributed by atoms with Crippen molar-refractivity contribution in [2.75, 3.05) is 11.4 Å². The minimum Gasteiger partial charge on any atom is -0.481 e. The molecule has 0 spiro atoms. The lowest BCUT2D eigenvalue weighted by molar-refractivity contribution is -0.136. The summed E-state index contributed by atoms with van der Waals surface area (Å²) in [5.41, 5.74) is 3.72. The average Bonchev–Trinajstić information content (AvgIpc) is 2.97. The summed E-state index contributed by atoms with van der Waals surface area (Å²) in [6.45, 7) is 0.646. The van der Waals surface area contributed by atoms with Crippen molar-refractivity contribution in [2.24, 2.45) is 0 Å². The molecule has 2 aromatic carbocycles. The molecule has 0 aromatic heterocycles. The van der Waals surface area contributed by atoms with Gasteiger partial charge in [-0.15, -0.1) is 0 Å². The van der Waals surface area contributed by atoms with Crippen LogP contribution in [0.15, 0.2) is 48.5 Å². The molecule has 22 heavy (non-hydrogen) atoms. The Kier molecular flexibility index (Phi) is 3.92. The van der Waals surface area contributed by atoms with Crippen LogP contribution >= 0.6 is 0 Å². The summed E-state index contributed by atoms with van der Waals surface area (Å²) in [4.78, 5) is 25.2. The fraction of sp³-hybridized carbons (Fsp3) is 0.222. The zero-order valence-corrected chi connectivity index (χ0v) is 12.2. The number of rotatable bonds is 4. The van der Waals surface area contributed by atoms with Crippen molar-refractivity contribution < 1.29 is 14.7 Å². The van der Waals surface area contributed by atoms with E-state index in [0.29, 0.717) is 18.5 Å². The minimum absolute atomic E-state index is 0.00488. The second kappa shape index (κ2) is 6.02. The van der Waals surface area contributed by atoms with E-state index in [1.807, 2.05) is 48.5 Å². The zero-order valence-electron chi connectivity index (χ0n) is 12.2. The predicted molar refractivity (Wildman–Crippen MR) is 84.2 cm³/mol. The predicted octanol–water partition coefficient (Wildman–Crippen LogP) is 2.91. The van der Waals surface area contributed by atoms with Crippen molar-refractivity contribution in [3.63, 3.8) is 0 Å². The van der Waals surface area contributed by atoms with Crippen LogP contribution in [0.3, 0.4) is 0 Å². The van der Waals surface area contributed by atoms with Crippen LogP contribution in [0.25, 0.3) is 0 Å². The number of fused-ring (bicyclic) bond motifs is 1. The summed E-state index contributed by atoms with van der Waals surface area (Å²) in [5, 5.41) is 8.85. The van der Waals surface area contributed by atoms with Gasteiger partial charge in [-0.2, -0.15) is 0 Å². The Bertz CT molecular complexity index is 710. The Morgan fingerprint density at radius 3 is 2.55 bits per heavy atom. The highest BCUT2D eigenvalue weighted by Crippen LogP contribution is 2.32. The highest BCUT2D eigenvalue weighted by atomic mass is 16.4. The lowest BCUT2D eigenvalue weighted by atomic mass is 10.0. The number of carboxylic acids is 1. The highest BCUT2D eigenvalue weighted by molar-refractivity contribution is 6.07. The molecule has 0 saturated carbocycles. The van der Waals surface area contributed by atoms with Crippen molar-refractivity contribution in [2.45, 2.75) is 19.3 Å². The van der Waals surface area contributed by atoms with E-state index < -0.39 is 5.97 Å². The molecule has 2 aromatic rings. The number of hydrogen-bond donors (Lipinski definition) is 1. The molecule has 112 valence electrons. The molecule has 4 heteroatoms. The maximum atomic E-state index is 12.6. The van der Waals surface area contributed by atoms with E-state index in [2.05, 4.69) is 0 Å². The fourth-order valence-corrected chi connectivity index (χ4v) is 2.93. The molecule has 0 aliphatic carbocycles. The molecule has 0 unspecified atom stereocenters. The first kappa shape index (κ1) is 14.3. The summed E-state index contributed by atoms with van der Waals surface area (Å²) in [6, 6.07) is 15.0. The molecule has 0 bridgehead atoms. The largest absolute Gasteiger partial charge is 0.481 e. The quantitative estimate of drug-likeness (QED) is 0.943. The van der Waals surface area contributed by atoms with E-state index in [0.717, 1.165) is 23.2 Å². The molecule has 1 aliphatic heterocycles. The second-order valence-electron chi connectivity index (χ2n) is 5.38. The molecule has 3 rings (SSSR count). The van der Waals surface area contributed by atoms with Gasteiger partial charge < -0.3 is 10.0 Å². The van der Waals surface area contributed by atoms with Crippen molar-refractivity contribution in [3.05, 3.63) is 65.2 Å². The lowest BCUT2D eigenvalue weighted by Gasteiger charge is -2.18. The number of amides is 1. The van der Waals surface area contributed by atoms with Gasteiger partial charge in [0, 0.05) is 24.2 Å². The Balaban J connectivity index is 1.87. The number of anilines is 1.